The summed E-state index contributed by atoms with van der Waals surface area (Å²) in [7, 11) is -4.94. The van der Waals surface area contributed by atoms with Crippen molar-refractivity contribution in [1.29, 1.82) is 0 Å². The third-order valence-corrected chi connectivity index (χ3v) is 6.13. The summed E-state index contributed by atoms with van der Waals surface area (Å²) in [5.41, 5.74) is 0.349. The van der Waals surface area contributed by atoms with E-state index in [1.54, 1.807) is 17.0 Å². The van der Waals surface area contributed by atoms with Gasteiger partial charge in [-0.1, -0.05) is 12.1 Å². The summed E-state index contributed by atoms with van der Waals surface area (Å²) in [5.74, 6) is -4.04. The van der Waals surface area contributed by atoms with Gasteiger partial charge in [0.25, 0.3) is 5.69 Å². The van der Waals surface area contributed by atoms with Gasteiger partial charge in [0.2, 0.25) is 9.84 Å². The number of sulfone groups is 1. The molecule has 1 saturated heterocycles. The van der Waals surface area contributed by atoms with Crippen molar-refractivity contribution >= 4 is 21.2 Å². The molecule has 0 spiro atoms. The van der Waals surface area contributed by atoms with Gasteiger partial charge in [0.05, 0.1) is 9.82 Å². The molecule has 1 aliphatic rings. The van der Waals surface area contributed by atoms with Crippen molar-refractivity contribution in [2.45, 2.75) is 36.0 Å². The fourth-order valence-corrected chi connectivity index (χ4v) is 4.21. The molecule has 6 nitrogen and oxygen atoms in total. The quantitative estimate of drug-likeness (QED) is 0.528. The van der Waals surface area contributed by atoms with Crippen LogP contribution in [0.25, 0.3) is 0 Å². The first-order valence-electron chi connectivity index (χ1n) is 8.51. The lowest BCUT2D eigenvalue weighted by molar-refractivity contribution is -0.384. The minimum absolute atomic E-state index is 0.155. The average molecular weight is 414 g/mol. The smallest absolute Gasteiger partial charge is 0.341 e. The first-order valence-corrected chi connectivity index (χ1v) is 10.1. The number of nitrogens with zero attached hydrogens (tertiary/aromatic N) is 2. The van der Waals surface area contributed by atoms with Gasteiger partial charge in [0.15, 0.2) is 0 Å². The first-order chi connectivity index (χ1) is 13.2. The van der Waals surface area contributed by atoms with Crippen LogP contribution in [0.2, 0.25) is 0 Å². The highest BCUT2D eigenvalue weighted by Crippen LogP contribution is 2.37. The van der Waals surface area contributed by atoms with Gasteiger partial charge in [-0.25, -0.2) is 12.8 Å². The molecule has 1 fully saturated rings. The van der Waals surface area contributed by atoms with Crippen LogP contribution in [0.5, 0.6) is 0 Å². The number of hydrogen-bond acceptors (Lipinski definition) is 5. The number of hydrogen-bond donors (Lipinski definition) is 0. The molecule has 0 radical (unpaired) electrons. The summed E-state index contributed by atoms with van der Waals surface area (Å²) in [4.78, 5) is 11.7. The second kappa shape index (κ2) is 7.78. The second-order valence-electron chi connectivity index (χ2n) is 6.54. The highest BCUT2D eigenvalue weighted by atomic mass is 32.2. The lowest BCUT2D eigenvalue weighted by atomic mass is 10.0. The molecule has 1 atom stereocenters. The standard InChI is InChI=1S/C18H17F3N2O4S/c19-13-4-1-3-12(9-13)10-14-5-2-8-22(14)16-7-6-15(11-17(16)23(24)25)28(26,27)18(20)21/h1,3-4,6-7,9,11,14,18H,2,5,8,10H2. The number of halogens is 3. The minimum atomic E-state index is -4.94. The zero-order valence-electron chi connectivity index (χ0n) is 14.6. The van der Waals surface area contributed by atoms with Crippen LogP contribution in [-0.2, 0) is 16.3 Å². The summed E-state index contributed by atoms with van der Waals surface area (Å²) < 4.78 is 62.3. The van der Waals surface area contributed by atoms with E-state index in [2.05, 4.69) is 0 Å². The fraction of sp³-hybridized carbons (Fsp3) is 0.333. The Morgan fingerprint density at radius 1 is 1.21 bits per heavy atom. The molecule has 0 saturated carbocycles. The molecule has 0 aromatic heterocycles. The Labute approximate surface area is 159 Å². The summed E-state index contributed by atoms with van der Waals surface area (Å²) >= 11 is 0. The first kappa shape index (κ1) is 20.1. The summed E-state index contributed by atoms with van der Waals surface area (Å²) in [6.07, 6.45) is 1.91. The maximum absolute atomic E-state index is 13.4. The normalized spacial score (nSPS) is 17.3. The minimum Gasteiger partial charge on any atom is -0.363 e. The fourth-order valence-electron chi connectivity index (χ4n) is 3.47. The number of rotatable bonds is 6. The molecule has 0 aliphatic carbocycles. The Kier molecular flexibility index (Phi) is 5.59. The van der Waals surface area contributed by atoms with Gasteiger partial charge in [-0.2, -0.15) is 8.78 Å². The van der Waals surface area contributed by atoms with Gasteiger partial charge >= 0.3 is 5.76 Å². The third-order valence-electron chi connectivity index (χ3n) is 4.75. The van der Waals surface area contributed by atoms with Crippen LogP contribution >= 0.6 is 0 Å². The van der Waals surface area contributed by atoms with Crippen molar-refractivity contribution < 1.29 is 26.5 Å². The summed E-state index contributed by atoms with van der Waals surface area (Å²) in [6.45, 7) is 0.488. The maximum Gasteiger partial charge on any atom is 0.341 e. The van der Waals surface area contributed by atoms with Crippen LogP contribution in [-0.4, -0.2) is 31.7 Å². The Bertz CT molecular complexity index is 998. The van der Waals surface area contributed by atoms with Crippen molar-refractivity contribution in [3.8, 4) is 0 Å². The predicted molar refractivity (Wildman–Crippen MR) is 96.8 cm³/mol. The Morgan fingerprint density at radius 2 is 1.96 bits per heavy atom. The number of nitro benzene ring substituents is 1. The van der Waals surface area contributed by atoms with Crippen LogP contribution in [0.3, 0.4) is 0 Å². The highest BCUT2D eigenvalue weighted by Gasteiger charge is 2.33. The van der Waals surface area contributed by atoms with Gasteiger partial charge in [0, 0.05) is 18.7 Å². The van der Waals surface area contributed by atoms with Gasteiger partial charge in [-0.3, -0.25) is 10.1 Å². The van der Waals surface area contributed by atoms with Gasteiger partial charge < -0.3 is 4.90 Å². The molecule has 0 N–H and O–H groups in total. The van der Waals surface area contributed by atoms with E-state index in [4.69, 9.17) is 0 Å². The van der Waals surface area contributed by atoms with Gasteiger partial charge in [-0.15, -0.1) is 0 Å². The molecule has 0 bridgehead atoms. The molecule has 1 unspecified atom stereocenters. The van der Waals surface area contributed by atoms with Crippen molar-refractivity contribution in [2.24, 2.45) is 0 Å². The largest absolute Gasteiger partial charge is 0.363 e. The lowest BCUT2D eigenvalue weighted by Gasteiger charge is -2.27. The summed E-state index contributed by atoms with van der Waals surface area (Å²) in [6, 6.07) is 8.72. The summed E-state index contributed by atoms with van der Waals surface area (Å²) in [5, 5.41) is 11.5. The van der Waals surface area contributed by atoms with E-state index in [9.17, 15) is 31.7 Å². The van der Waals surface area contributed by atoms with Crippen LogP contribution < -0.4 is 4.90 Å². The van der Waals surface area contributed by atoms with Crippen molar-refractivity contribution in [1.82, 2.24) is 0 Å². The van der Waals surface area contributed by atoms with E-state index in [0.717, 1.165) is 18.1 Å². The van der Waals surface area contributed by atoms with E-state index in [1.165, 1.54) is 18.2 Å². The van der Waals surface area contributed by atoms with Gasteiger partial charge in [0.1, 0.15) is 11.5 Å². The van der Waals surface area contributed by atoms with Crippen LogP contribution in [0.15, 0.2) is 47.4 Å². The van der Waals surface area contributed by atoms with Crippen molar-refractivity contribution in [2.75, 3.05) is 11.4 Å². The number of anilines is 1. The molecule has 28 heavy (non-hydrogen) atoms. The average Bonchev–Trinajstić information content (AvgIpc) is 3.08. The molecule has 1 heterocycles. The number of nitro groups is 1. The Hall–Kier alpha value is -2.62. The highest BCUT2D eigenvalue weighted by molar-refractivity contribution is 7.91. The van der Waals surface area contributed by atoms with E-state index < -0.39 is 31.1 Å². The SMILES string of the molecule is O=[N+]([O-])c1cc(S(=O)(=O)C(F)F)ccc1N1CCCC1Cc1cccc(F)c1. The third kappa shape index (κ3) is 3.96. The molecular formula is C18H17F3N2O4S. The predicted octanol–water partition coefficient (Wildman–Crippen LogP) is 3.94. The van der Waals surface area contributed by atoms with E-state index in [-0.39, 0.29) is 17.5 Å². The van der Waals surface area contributed by atoms with E-state index >= 15 is 0 Å². The van der Waals surface area contributed by atoms with Crippen molar-refractivity contribution in [3.63, 3.8) is 0 Å². The van der Waals surface area contributed by atoms with Crippen molar-refractivity contribution in [3.05, 3.63) is 64.0 Å². The molecule has 0 amide bonds. The van der Waals surface area contributed by atoms with E-state index in [1.807, 2.05) is 0 Å². The lowest BCUT2D eigenvalue weighted by Crippen LogP contribution is -2.31. The molecule has 2 aromatic rings. The molecule has 3 rings (SSSR count). The van der Waals surface area contributed by atoms with Gasteiger partial charge in [-0.05, 0) is 49.1 Å². The molecule has 1 aliphatic heterocycles. The molecule has 2 aromatic carbocycles. The number of benzene rings is 2. The Balaban J connectivity index is 1.96. The van der Waals surface area contributed by atoms with E-state index in [0.29, 0.717) is 25.5 Å². The topological polar surface area (TPSA) is 80.5 Å². The Morgan fingerprint density at radius 3 is 2.61 bits per heavy atom. The second-order valence-corrected chi connectivity index (χ2v) is 8.45. The molecule has 10 heteroatoms. The van der Waals surface area contributed by atoms with Crippen LogP contribution in [0.4, 0.5) is 24.5 Å². The molecule has 150 valence electrons. The molecular weight excluding hydrogens is 397 g/mol. The zero-order chi connectivity index (χ0) is 20.5. The number of alkyl halides is 2. The van der Waals surface area contributed by atoms with Crippen LogP contribution in [0.1, 0.15) is 18.4 Å². The zero-order valence-corrected chi connectivity index (χ0v) is 15.4. The maximum atomic E-state index is 13.4. The monoisotopic (exact) mass is 414 g/mol. The van der Waals surface area contributed by atoms with Crippen LogP contribution in [0, 0.1) is 15.9 Å².